The van der Waals surface area contributed by atoms with Gasteiger partial charge in [0.25, 0.3) is 0 Å². The summed E-state index contributed by atoms with van der Waals surface area (Å²) >= 11 is 3.79. The minimum Gasteiger partial charge on any atom is -0.142 e. The maximum atomic E-state index is 2.36. The van der Waals surface area contributed by atoms with Crippen LogP contribution in [0.4, 0.5) is 0 Å². The number of benzene rings is 8. The highest BCUT2D eigenvalue weighted by Gasteiger charge is 2.21. The Morgan fingerprint density at radius 1 is 0.370 bits per heavy atom. The van der Waals surface area contributed by atoms with Crippen molar-refractivity contribution in [2.45, 2.75) is 0 Å². The third kappa shape index (κ3) is 3.78. The molecule has 214 valence electrons. The van der Waals surface area contributed by atoms with Crippen LogP contribution in [0, 0.1) is 0 Å². The normalized spacial score (nSPS) is 11.9. The first-order chi connectivity index (χ1) is 22.8. The Morgan fingerprint density at radius 3 is 1.78 bits per heavy atom. The van der Waals surface area contributed by atoms with Gasteiger partial charge < -0.3 is 0 Å². The molecule has 0 atom stereocenters. The fourth-order valence-corrected chi connectivity index (χ4v) is 9.86. The van der Waals surface area contributed by atoms with E-state index in [1.165, 1.54) is 96.0 Å². The van der Waals surface area contributed by atoms with Crippen LogP contribution in [0.15, 0.2) is 157 Å². The van der Waals surface area contributed by atoms with Crippen LogP contribution in [-0.4, -0.2) is 0 Å². The molecule has 10 rings (SSSR count). The van der Waals surface area contributed by atoms with Crippen molar-refractivity contribution in [1.29, 1.82) is 0 Å². The van der Waals surface area contributed by atoms with Gasteiger partial charge >= 0.3 is 0 Å². The van der Waals surface area contributed by atoms with Gasteiger partial charge in [-0.25, -0.2) is 0 Å². The molecule has 0 bridgehead atoms. The van der Waals surface area contributed by atoms with Crippen molar-refractivity contribution in [1.82, 2.24) is 0 Å². The van der Waals surface area contributed by atoms with Gasteiger partial charge in [-0.2, -0.15) is 0 Å². The first-order valence-corrected chi connectivity index (χ1v) is 17.4. The lowest BCUT2D eigenvalue weighted by atomic mass is 9.84. The average Bonchev–Trinajstić information content (AvgIpc) is 3.72. The van der Waals surface area contributed by atoms with Crippen LogP contribution in [-0.2, 0) is 0 Å². The maximum absolute atomic E-state index is 2.36. The highest BCUT2D eigenvalue weighted by Crippen LogP contribution is 2.50. The Balaban J connectivity index is 1.32. The number of fused-ring (bicyclic) bond motifs is 8. The van der Waals surface area contributed by atoms with Gasteiger partial charge in [-0.3, -0.25) is 0 Å². The Morgan fingerprint density at radius 2 is 1.02 bits per heavy atom. The van der Waals surface area contributed by atoms with Crippen LogP contribution in [0.1, 0.15) is 0 Å². The van der Waals surface area contributed by atoms with Crippen molar-refractivity contribution in [2.75, 3.05) is 0 Å². The van der Waals surface area contributed by atoms with Crippen molar-refractivity contribution >= 4 is 85.2 Å². The second-order valence-electron chi connectivity index (χ2n) is 12.0. The molecule has 0 fully saturated rings. The molecule has 2 aromatic heterocycles. The molecule has 0 amide bonds. The molecule has 2 heteroatoms. The first kappa shape index (κ1) is 26.0. The molecule has 0 nitrogen and oxygen atoms in total. The third-order valence-corrected chi connectivity index (χ3v) is 11.7. The van der Waals surface area contributed by atoms with Crippen molar-refractivity contribution in [2.24, 2.45) is 0 Å². The van der Waals surface area contributed by atoms with E-state index in [1.54, 1.807) is 0 Å². The lowest BCUT2D eigenvalue weighted by Gasteiger charge is -2.18. The average molecular weight is 619 g/mol. The van der Waals surface area contributed by atoms with Crippen LogP contribution < -0.4 is 0 Å². The van der Waals surface area contributed by atoms with Gasteiger partial charge in [0.1, 0.15) is 0 Å². The standard InChI is InChI=1S/C44H26S2/c1-2-12-28(13-3-1)37-26-45-44-35(37)23-24-39-43(44)42-36(19-10-20-38(42)46-39)41-33-17-8-6-15-31(33)40(32-16-7-9-18-34(32)41)30-22-21-27-11-4-5-14-29(27)25-30/h1-26H. The van der Waals surface area contributed by atoms with Gasteiger partial charge in [-0.15, -0.1) is 22.7 Å². The van der Waals surface area contributed by atoms with Crippen molar-refractivity contribution in [3.8, 4) is 33.4 Å². The predicted molar refractivity (Wildman–Crippen MR) is 204 cm³/mol. The predicted octanol–water partition coefficient (Wildman–Crippen LogP) is 13.7. The zero-order valence-electron chi connectivity index (χ0n) is 24.8. The number of hydrogen-bond donors (Lipinski definition) is 0. The number of hydrogen-bond acceptors (Lipinski definition) is 2. The van der Waals surface area contributed by atoms with Gasteiger partial charge in [0, 0.05) is 35.8 Å². The molecule has 0 aliphatic carbocycles. The second-order valence-corrected chi connectivity index (χ2v) is 14.0. The van der Waals surface area contributed by atoms with Gasteiger partial charge in [0.2, 0.25) is 0 Å². The second kappa shape index (κ2) is 10.1. The largest absolute Gasteiger partial charge is 0.142 e. The monoisotopic (exact) mass is 618 g/mol. The summed E-state index contributed by atoms with van der Waals surface area (Å²) in [6.07, 6.45) is 0. The lowest BCUT2D eigenvalue weighted by Crippen LogP contribution is -1.91. The third-order valence-electron chi connectivity index (χ3n) is 9.52. The van der Waals surface area contributed by atoms with Crippen LogP contribution >= 0.6 is 22.7 Å². The number of rotatable bonds is 3. The lowest BCUT2D eigenvalue weighted by molar-refractivity contribution is 1.69. The molecule has 10 aromatic rings. The van der Waals surface area contributed by atoms with Crippen LogP contribution in [0.3, 0.4) is 0 Å². The van der Waals surface area contributed by atoms with E-state index in [0.29, 0.717) is 0 Å². The molecular formula is C44H26S2. The Labute approximate surface area is 274 Å². The van der Waals surface area contributed by atoms with E-state index in [1.807, 2.05) is 22.7 Å². The Hall–Kier alpha value is -5.28. The fraction of sp³-hybridized carbons (Fsp3) is 0. The molecule has 0 radical (unpaired) electrons. The Bertz CT molecular complexity index is 2740. The SMILES string of the molecule is c1ccc(-c2csc3c2ccc2sc4cccc(-c5c6ccccc6c(-c6ccc7ccccc7c6)c6ccccc56)c4c23)cc1. The number of thiophene rings is 2. The summed E-state index contributed by atoms with van der Waals surface area (Å²) < 4.78 is 4.05. The van der Waals surface area contributed by atoms with Gasteiger partial charge in [0.05, 0.1) is 0 Å². The molecule has 0 aliphatic rings. The quantitative estimate of drug-likeness (QED) is 0.173. The van der Waals surface area contributed by atoms with Crippen molar-refractivity contribution < 1.29 is 0 Å². The highest BCUT2D eigenvalue weighted by atomic mass is 32.1. The van der Waals surface area contributed by atoms with E-state index < -0.39 is 0 Å². The summed E-state index contributed by atoms with van der Waals surface area (Å²) in [7, 11) is 0. The maximum Gasteiger partial charge on any atom is 0.0442 e. The molecule has 0 saturated carbocycles. The smallest absolute Gasteiger partial charge is 0.0442 e. The van der Waals surface area contributed by atoms with Gasteiger partial charge in [0.15, 0.2) is 0 Å². The summed E-state index contributed by atoms with van der Waals surface area (Å²) in [6, 6.07) is 55.9. The van der Waals surface area contributed by atoms with Gasteiger partial charge in [-0.1, -0.05) is 133 Å². The molecule has 0 spiro atoms. The van der Waals surface area contributed by atoms with Crippen molar-refractivity contribution in [3.05, 3.63) is 157 Å². The highest BCUT2D eigenvalue weighted by molar-refractivity contribution is 7.27. The summed E-state index contributed by atoms with van der Waals surface area (Å²) in [5.41, 5.74) is 7.77. The molecule has 0 aliphatic heterocycles. The molecule has 2 heterocycles. The first-order valence-electron chi connectivity index (χ1n) is 15.7. The molecular weight excluding hydrogens is 593 g/mol. The van der Waals surface area contributed by atoms with E-state index in [0.717, 1.165) is 0 Å². The summed E-state index contributed by atoms with van der Waals surface area (Å²) in [6.45, 7) is 0. The summed E-state index contributed by atoms with van der Waals surface area (Å²) in [5.74, 6) is 0. The zero-order chi connectivity index (χ0) is 30.2. The van der Waals surface area contributed by atoms with E-state index in [9.17, 15) is 0 Å². The van der Waals surface area contributed by atoms with Crippen LogP contribution in [0.25, 0.3) is 96.0 Å². The molecule has 0 saturated heterocycles. The van der Waals surface area contributed by atoms with E-state index in [2.05, 4.69) is 157 Å². The summed E-state index contributed by atoms with van der Waals surface area (Å²) in [4.78, 5) is 0. The molecule has 8 aromatic carbocycles. The van der Waals surface area contributed by atoms with Crippen LogP contribution in [0.5, 0.6) is 0 Å². The molecule has 0 N–H and O–H groups in total. The van der Waals surface area contributed by atoms with E-state index in [4.69, 9.17) is 0 Å². The fourth-order valence-electron chi connectivity index (χ4n) is 7.52. The summed E-state index contributed by atoms with van der Waals surface area (Å²) in [5, 5.41) is 14.1. The van der Waals surface area contributed by atoms with Crippen molar-refractivity contribution in [3.63, 3.8) is 0 Å². The zero-order valence-corrected chi connectivity index (χ0v) is 26.5. The minimum absolute atomic E-state index is 1.26. The molecule has 46 heavy (non-hydrogen) atoms. The topological polar surface area (TPSA) is 0 Å². The van der Waals surface area contributed by atoms with Crippen LogP contribution in [0.2, 0.25) is 0 Å². The van der Waals surface area contributed by atoms with E-state index in [-0.39, 0.29) is 0 Å². The molecule has 0 unspecified atom stereocenters. The Kier molecular flexibility index (Phi) is 5.72. The van der Waals surface area contributed by atoms with Gasteiger partial charge in [-0.05, 0) is 83.7 Å². The minimum atomic E-state index is 1.26. The van der Waals surface area contributed by atoms with E-state index >= 15 is 0 Å².